The zero-order valence-electron chi connectivity index (χ0n) is 8.53. The number of nitrogens with zero attached hydrogens (tertiary/aromatic N) is 2. The van der Waals surface area contributed by atoms with Crippen molar-refractivity contribution in [2.24, 2.45) is 0 Å². The molecule has 0 aromatic carbocycles. The topological polar surface area (TPSA) is 58.0 Å². The van der Waals surface area contributed by atoms with Crippen molar-refractivity contribution in [3.05, 3.63) is 11.2 Å². The van der Waals surface area contributed by atoms with E-state index in [1.54, 1.807) is 6.20 Å². The van der Waals surface area contributed by atoms with Crippen molar-refractivity contribution in [2.45, 2.75) is 18.4 Å². The van der Waals surface area contributed by atoms with Gasteiger partial charge in [0.25, 0.3) is 0 Å². The van der Waals surface area contributed by atoms with Gasteiger partial charge < -0.3 is 10.4 Å². The van der Waals surface area contributed by atoms with E-state index in [-0.39, 0.29) is 6.61 Å². The van der Waals surface area contributed by atoms with Crippen LogP contribution >= 0.6 is 23.4 Å². The van der Waals surface area contributed by atoms with Gasteiger partial charge in [0.05, 0.1) is 17.8 Å². The number of hydrogen-bond acceptors (Lipinski definition) is 5. The summed E-state index contributed by atoms with van der Waals surface area (Å²) in [6, 6.07) is 0. The second-order valence-electron chi connectivity index (χ2n) is 2.85. The van der Waals surface area contributed by atoms with Crippen LogP contribution in [0.3, 0.4) is 0 Å². The molecule has 1 heterocycles. The highest BCUT2D eigenvalue weighted by Crippen LogP contribution is 2.24. The predicted molar refractivity (Wildman–Crippen MR) is 63.6 cm³/mol. The van der Waals surface area contributed by atoms with Crippen molar-refractivity contribution < 1.29 is 5.11 Å². The fourth-order valence-corrected chi connectivity index (χ4v) is 1.80. The average molecular weight is 248 g/mol. The van der Waals surface area contributed by atoms with Gasteiger partial charge in [-0.25, -0.2) is 9.97 Å². The van der Waals surface area contributed by atoms with Crippen LogP contribution in [-0.2, 0) is 0 Å². The van der Waals surface area contributed by atoms with Crippen LogP contribution in [0.1, 0.15) is 13.3 Å². The van der Waals surface area contributed by atoms with Crippen LogP contribution in [0.25, 0.3) is 0 Å². The van der Waals surface area contributed by atoms with Crippen molar-refractivity contribution in [1.82, 2.24) is 9.97 Å². The molecule has 0 aliphatic heterocycles. The molecular weight excluding hydrogens is 234 g/mol. The van der Waals surface area contributed by atoms with Crippen molar-refractivity contribution in [2.75, 3.05) is 24.2 Å². The maximum atomic E-state index is 8.71. The van der Waals surface area contributed by atoms with E-state index < -0.39 is 0 Å². The van der Waals surface area contributed by atoms with E-state index in [0.29, 0.717) is 21.7 Å². The van der Waals surface area contributed by atoms with Gasteiger partial charge in [-0.2, -0.15) is 0 Å². The minimum atomic E-state index is 0.114. The molecule has 0 spiro atoms. The third-order valence-corrected chi connectivity index (χ3v) is 2.94. The first kappa shape index (κ1) is 12.5. The van der Waals surface area contributed by atoms with Gasteiger partial charge >= 0.3 is 0 Å². The molecule has 0 bridgehead atoms. The zero-order valence-corrected chi connectivity index (χ0v) is 10.1. The maximum absolute atomic E-state index is 8.71. The zero-order chi connectivity index (χ0) is 11.1. The first-order valence-corrected chi connectivity index (χ1v) is 6.14. The molecule has 84 valence electrons. The van der Waals surface area contributed by atoms with E-state index >= 15 is 0 Å². The van der Waals surface area contributed by atoms with Crippen LogP contribution in [0.5, 0.6) is 0 Å². The summed E-state index contributed by atoms with van der Waals surface area (Å²) in [4.78, 5) is 8.30. The van der Waals surface area contributed by atoms with Crippen molar-refractivity contribution >= 4 is 29.3 Å². The Morgan fingerprint density at radius 3 is 3.07 bits per heavy atom. The molecule has 0 saturated heterocycles. The Kier molecular flexibility index (Phi) is 5.75. The van der Waals surface area contributed by atoms with Crippen molar-refractivity contribution in [3.63, 3.8) is 0 Å². The maximum Gasteiger partial charge on any atom is 0.223 e. The van der Waals surface area contributed by atoms with Gasteiger partial charge in [-0.15, -0.1) is 11.8 Å². The average Bonchev–Trinajstić information content (AvgIpc) is 2.26. The van der Waals surface area contributed by atoms with Gasteiger partial charge in [0, 0.05) is 12.3 Å². The number of halogens is 1. The van der Waals surface area contributed by atoms with Crippen molar-refractivity contribution in [3.8, 4) is 0 Å². The smallest absolute Gasteiger partial charge is 0.223 e. The van der Waals surface area contributed by atoms with Crippen molar-refractivity contribution in [1.29, 1.82) is 0 Å². The molecule has 1 aromatic heterocycles. The summed E-state index contributed by atoms with van der Waals surface area (Å²) < 4.78 is 0. The third kappa shape index (κ3) is 4.24. The van der Waals surface area contributed by atoms with Gasteiger partial charge in [0.15, 0.2) is 0 Å². The lowest BCUT2D eigenvalue weighted by atomic mass is 10.5. The molecule has 1 aromatic rings. The Morgan fingerprint density at radius 2 is 2.40 bits per heavy atom. The summed E-state index contributed by atoms with van der Waals surface area (Å²) >= 11 is 7.33. The molecular formula is C9H14ClN3OS. The lowest BCUT2D eigenvalue weighted by Gasteiger charge is -2.06. The molecule has 0 saturated carbocycles. The fourth-order valence-electron chi connectivity index (χ4n) is 0.917. The molecule has 0 atom stereocenters. The van der Waals surface area contributed by atoms with Gasteiger partial charge in [-0.3, -0.25) is 0 Å². The highest BCUT2D eigenvalue weighted by molar-refractivity contribution is 7.99. The number of aliphatic hydroxyl groups is 1. The summed E-state index contributed by atoms with van der Waals surface area (Å²) in [5.74, 6) is 1.17. The largest absolute Gasteiger partial charge is 0.396 e. The van der Waals surface area contributed by atoms with E-state index in [1.807, 2.05) is 0 Å². The van der Waals surface area contributed by atoms with Gasteiger partial charge in [0.2, 0.25) is 5.95 Å². The summed E-state index contributed by atoms with van der Waals surface area (Å²) in [6.07, 6.45) is 2.59. The number of thioether (sulfide) groups is 1. The van der Waals surface area contributed by atoms with Gasteiger partial charge in [0.1, 0.15) is 5.03 Å². The molecule has 0 amide bonds. The summed E-state index contributed by atoms with van der Waals surface area (Å²) in [6.45, 7) is 3.03. The number of hydrogen-bond donors (Lipinski definition) is 2. The summed E-state index contributed by atoms with van der Waals surface area (Å²) in [5, 5.41) is 13.0. The second kappa shape index (κ2) is 6.87. The molecule has 15 heavy (non-hydrogen) atoms. The highest BCUT2D eigenvalue weighted by atomic mass is 35.5. The molecule has 1 rings (SSSR count). The lowest BCUT2D eigenvalue weighted by molar-refractivity contribution is 0.322. The Labute approximate surface area is 98.5 Å². The summed E-state index contributed by atoms with van der Waals surface area (Å²) in [7, 11) is 0. The van der Waals surface area contributed by atoms with Crippen LogP contribution in [0.15, 0.2) is 11.2 Å². The van der Waals surface area contributed by atoms with Crippen LogP contribution in [0.4, 0.5) is 5.95 Å². The number of rotatable bonds is 6. The van der Waals surface area contributed by atoms with E-state index in [1.165, 1.54) is 11.8 Å². The summed E-state index contributed by atoms with van der Waals surface area (Å²) in [5.41, 5.74) is 0. The quantitative estimate of drug-likeness (QED) is 0.595. The van der Waals surface area contributed by atoms with Gasteiger partial charge in [-0.05, 0) is 6.42 Å². The van der Waals surface area contributed by atoms with Gasteiger partial charge in [-0.1, -0.05) is 18.5 Å². The van der Waals surface area contributed by atoms with Crippen LogP contribution < -0.4 is 5.32 Å². The van der Waals surface area contributed by atoms with Crippen LogP contribution in [0.2, 0.25) is 5.02 Å². The van der Waals surface area contributed by atoms with E-state index in [4.69, 9.17) is 16.7 Å². The molecule has 0 radical (unpaired) electrons. The number of aliphatic hydroxyl groups excluding tert-OH is 1. The first-order chi connectivity index (χ1) is 7.27. The lowest BCUT2D eigenvalue weighted by Crippen LogP contribution is -2.04. The first-order valence-electron chi connectivity index (χ1n) is 4.78. The Balaban J connectivity index is 2.66. The molecule has 6 heteroatoms. The predicted octanol–water partition coefficient (Wildman–Crippen LogP) is 2.04. The Bertz CT molecular complexity index is 311. The number of nitrogens with one attached hydrogen (secondary N) is 1. The normalized spacial score (nSPS) is 10.3. The molecule has 0 aliphatic rings. The monoisotopic (exact) mass is 247 g/mol. The van der Waals surface area contributed by atoms with E-state index in [2.05, 4.69) is 22.2 Å². The second-order valence-corrected chi connectivity index (χ2v) is 4.34. The fraction of sp³-hybridized carbons (Fsp3) is 0.556. The minimum Gasteiger partial charge on any atom is -0.396 e. The number of anilines is 1. The standard InChI is InChI=1S/C9H14ClN3OS/c1-2-3-11-9-12-6-7(10)8(13-9)15-5-4-14/h6,14H,2-5H2,1H3,(H,11,12,13). The van der Waals surface area contributed by atoms with E-state index in [9.17, 15) is 0 Å². The Hall–Kier alpha value is -0.520. The van der Waals surface area contributed by atoms with E-state index in [0.717, 1.165) is 13.0 Å². The van der Waals surface area contributed by atoms with Crippen LogP contribution in [0, 0.1) is 0 Å². The highest BCUT2D eigenvalue weighted by Gasteiger charge is 2.05. The minimum absolute atomic E-state index is 0.114. The number of aromatic nitrogens is 2. The molecule has 0 aliphatic carbocycles. The SMILES string of the molecule is CCCNc1ncc(Cl)c(SCCO)n1. The third-order valence-electron chi connectivity index (χ3n) is 1.58. The van der Waals surface area contributed by atoms with Crippen LogP contribution in [-0.4, -0.2) is 34.0 Å². The Morgan fingerprint density at radius 1 is 1.60 bits per heavy atom. The molecule has 4 nitrogen and oxygen atoms in total. The molecule has 2 N–H and O–H groups in total. The molecule has 0 fully saturated rings. The molecule has 0 unspecified atom stereocenters.